The molecule has 1 heterocycles. The lowest BCUT2D eigenvalue weighted by Gasteiger charge is -2.11. The zero-order chi connectivity index (χ0) is 21.5. The third kappa shape index (κ3) is 5.18. The number of amides is 1. The third-order valence-electron chi connectivity index (χ3n) is 4.38. The number of rotatable bonds is 8. The molecule has 1 amide bonds. The molecule has 7 nitrogen and oxygen atoms in total. The molecular weight excluding hydrogens is 406 g/mol. The van der Waals surface area contributed by atoms with Crippen LogP contribution in [0.25, 0.3) is 11.3 Å². The van der Waals surface area contributed by atoms with E-state index in [2.05, 4.69) is 10.3 Å². The minimum Gasteiger partial charge on any atom is -0.496 e. The number of hydrogen-bond donors (Lipinski definition) is 1. The van der Waals surface area contributed by atoms with Crippen LogP contribution in [0.5, 0.6) is 11.5 Å². The van der Waals surface area contributed by atoms with Crippen molar-refractivity contribution in [1.82, 2.24) is 14.9 Å². The van der Waals surface area contributed by atoms with Crippen molar-refractivity contribution in [2.45, 2.75) is 13.5 Å². The van der Waals surface area contributed by atoms with Gasteiger partial charge in [-0.25, -0.2) is 4.98 Å². The first-order valence-electron chi connectivity index (χ1n) is 9.43. The SMILES string of the molecule is CCOc1ccc(-c2cc(=O)n(CCNC(=O)c3cc(Cl)ccc3OC)cn2)cc1. The molecule has 0 saturated carbocycles. The lowest BCUT2D eigenvalue weighted by molar-refractivity contribution is 0.0949. The van der Waals surface area contributed by atoms with Gasteiger partial charge in [-0.05, 0) is 49.4 Å². The zero-order valence-corrected chi connectivity index (χ0v) is 17.5. The van der Waals surface area contributed by atoms with E-state index in [1.807, 2.05) is 31.2 Å². The van der Waals surface area contributed by atoms with Gasteiger partial charge in [0, 0.05) is 29.7 Å². The van der Waals surface area contributed by atoms with Gasteiger partial charge >= 0.3 is 0 Å². The molecule has 0 aliphatic rings. The highest BCUT2D eigenvalue weighted by molar-refractivity contribution is 6.31. The fraction of sp³-hybridized carbons (Fsp3) is 0.227. The van der Waals surface area contributed by atoms with Crippen LogP contribution in [0.15, 0.2) is 59.7 Å². The van der Waals surface area contributed by atoms with Gasteiger partial charge < -0.3 is 14.8 Å². The second kappa shape index (κ2) is 9.93. The topological polar surface area (TPSA) is 82.5 Å². The van der Waals surface area contributed by atoms with Crippen molar-refractivity contribution in [3.8, 4) is 22.8 Å². The standard InChI is InChI=1S/C22H22ClN3O4/c1-3-30-17-7-4-15(5-8-17)19-13-21(27)26(14-25-19)11-10-24-22(28)18-12-16(23)6-9-20(18)29-2/h4-9,12-14H,3,10-11H2,1-2H3,(H,24,28). The Kier molecular flexibility index (Phi) is 7.08. The Hall–Kier alpha value is -3.32. The number of aromatic nitrogens is 2. The van der Waals surface area contributed by atoms with Crippen LogP contribution >= 0.6 is 11.6 Å². The first-order chi connectivity index (χ1) is 14.5. The molecule has 0 saturated heterocycles. The Labute approximate surface area is 179 Å². The van der Waals surface area contributed by atoms with E-state index in [9.17, 15) is 9.59 Å². The van der Waals surface area contributed by atoms with E-state index in [4.69, 9.17) is 21.1 Å². The van der Waals surface area contributed by atoms with Crippen molar-refractivity contribution in [1.29, 1.82) is 0 Å². The van der Waals surface area contributed by atoms with Crippen molar-refractivity contribution >= 4 is 17.5 Å². The summed E-state index contributed by atoms with van der Waals surface area (Å²) in [5.74, 6) is 0.860. The molecular formula is C22H22ClN3O4. The van der Waals surface area contributed by atoms with Gasteiger partial charge in [0.2, 0.25) is 0 Å². The van der Waals surface area contributed by atoms with Gasteiger partial charge in [-0.1, -0.05) is 11.6 Å². The maximum absolute atomic E-state index is 12.4. The molecule has 2 aromatic carbocycles. The van der Waals surface area contributed by atoms with Gasteiger partial charge in [0.15, 0.2) is 0 Å². The molecule has 0 bridgehead atoms. The maximum atomic E-state index is 12.4. The minimum absolute atomic E-state index is 0.205. The molecule has 0 unspecified atom stereocenters. The van der Waals surface area contributed by atoms with Crippen LogP contribution in [0, 0.1) is 0 Å². The third-order valence-corrected chi connectivity index (χ3v) is 4.62. The van der Waals surface area contributed by atoms with Crippen molar-refractivity contribution in [2.24, 2.45) is 0 Å². The lowest BCUT2D eigenvalue weighted by atomic mass is 10.1. The summed E-state index contributed by atoms with van der Waals surface area (Å²) >= 11 is 5.96. The number of benzene rings is 2. The van der Waals surface area contributed by atoms with Gasteiger partial charge in [0.25, 0.3) is 11.5 Å². The first kappa shape index (κ1) is 21.4. The normalized spacial score (nSPS) is 10.5. The van der Waals surface area contributed by atoms with Crippen molar-refractivity contribution in [3.63, 3.8) is 0 Å². The van der Waals surface area contributed by atoms with E-state index in [1.54, 1.807) is 12.1 Å². The van der Waals surface area contributed by atoms with Gasteiger partial charge in [-0.3, -0.25) is 14.2 Å². The highest BCUT2D eigenvalue weighted by atomic mass is 35.5. The Morgan fingerprint density at radius 3 is 2.60 bits per heavy atom. The van der Waals surface area contributed by atoms with Gasteiger partial charge in [-0.2, -0.15) is 0 Å². The molecule has 0 aliphatic heterocycles. The zero-order valence-electron chi connectivity index (χ0n) is 16.7. The van der Waals surface area contributed by atoms with Gasteiger partial charge in [0.1, 0.15) is 11.5 Å². The molecule has 3 rings (SSSR count). The van der Waals surface area contributed by atoms with E-state index in [0.29, 0.717) is 28.6 Å². The van der Waals surface area contributed by atoms with Gasteiger partial charge in [0.05, 0.1) is 31.3 Å². The van der Waals surface area contributed by atoms with E-state index >= 15 is 0 Å². The molecule has 1 N–H and O–H groups in total. The van der Waals surface area contributed by atoms with Crippen LogP contribution in [-0.4, -0.2) is 35.7 Å². The summed E-state index contributed by atoms with van der Waals surface area (Å²) in [6, 6.07) is 13.7. The van der Waals surface area contributed by atoms with Crippen molar-refractivity contribution in [2.75, 3.05) is 20.3 Å². The Morgan fingerprint density at radius 1 is 1.17 bits per heavy atom. The van der Waals surface area contributed by atoms with E-state index in [-0.39, 0.29) is 24.6 Å². The molecule has 0 radical (unpaired) electrons. The Balaban J connectivity index is 1.63. The first-order valence-corrected chi connectivity index (χ1v) is 9.81. The monoisotopic (exact) mass is 427 g/mol. The second-order valence-electron chi connectivity index (χ2n) is 6.36. The highest BCUT2D eigenvalue weighted by Crippen LogP contribution is 2.22. The van der Waals surface area contributed by atoms with Crippen molar-refractivity contribution in [3.05, 3.63) is 75.8 Å². The molecule has 0 fully saturated rings. The van der Waals surface area contributed by atoms with Crippen LogP contribution in [0.3, 0.4) is 0 Å². The molecule has 30 heavy (non-hydrogen) atoms. The maximum Gasteiger partial charge on any atom is 0.255 e. The molecule has 0 spiro atoms. The molecule has 3 aromatic rings. The van der Waals surface area contributed by atoms with Crippen LogP contribution in [0.1, 0.15) is 17.3 Å². The minimum atomic E-state index is -0.332. The van der Waals surface area contributed by atoms with Crippen LogP contribution in [0.4, 0.5) is 0 Å². The molecule has 0 aliphatic carbocycles. The summed E-state index contributed by atoms with van der Waals surface area (Å²) in [6.45, 7) is 3.04. The lowest BCUT2D eigenvalue weighted by Crippen LogP contribution is -2.31. The summed E-state index contributed by atoms with van der Waals surface area (Å²) in [6.07, 6.45) is 1.47. The second-order valence-corrected chi connectivity index (χ2v) is 6.80. The summed E-state index contributed by atoms with van der Waals surface area (Å²) in [5, 5.41) is 3.20. The Bertz CT molecular complexity index is 1080. The molecule has 1 aromatic heterocycles. The average molecular weight is 428 g/mol. The number of methoxy groups -OCH3 is 1. The number of carbonyl (C=O) groups excluding carboxylic acids is 1. The largest absolute Gasteiger partial charge is 0.496 e. The number of ether oxygens (including phenoxy) is 2. The average Bonchev–Trinajstić information content (AvgIpc) is 2.75. The van der Waals surface area contributed by atoms with Crippen LogP contribution in [-0.2, 0) is 6.54 Å². The predicted octanol–water partition coefficient (Wildman–Crippen LogP) is 3.40. The summed E-state index contributed by atoms with van der Waals surface area (Å²) in [4.78, 5) is 29.2. The molecule has 156 valence electrons. The fourth-order valence-electron chi connectivity index (χ4n) is 2.88. The Morgan fingerprint density at radius 2 is 1.93 bits per heavy atom. The summed E-state index contributed by atoms with van der Waals surface area (Å²) < 4.78 is 12.0. The van der Waals surface area contributed by atoms with Crippen molar-refractivity contribution < 1.29 is 14.3 Å². The molecule has 0 atom stereocenters. The van der Waals surface area contributed by atoms with Crippen LogP contribution < -0.4 is 20.3 Å². The number of nitrogens with zero attached hydrogens (tertiary/aromatic N) is 2. The number of hydrogen-bond acceptors (Lipinski definition) is 5. The fourth-order valence-corrected chi connectivity index (χ4v) is 3.06. The number of carbonyl (C=O) groups is 1. The van der Waals surface area contributed by atoms with Gasteiger partial charge in [-0.15, -0.1) is 0 Å². The highest BCUT2D eigenvalue weighted by Gasteiger charge is 2.12. The number of halogens is 1. The van der Waals surface area contributed by atoms with E-state index < -0.39 is 0 Å². The molecule has 8 heteroatoms. The van der Waals surface area contributed by atoms with Crippen LogP contribution in [0.2, 0.25) is 5.02 Å². The van der Waals surface area contributed by atoms with E-state index in [0.717, 1.165) is 11.3 Å². The summed E-state index contributed by atoms with van der Waals surface area (Å²) in [7, 11) is 1.48. The quantitative estimate of drug-likeness (QED) is 0.595. The predicted molar refractivity (Wildman–Crippen MR) is 115 cm³/mol. The summed E-state index contributed by atoms with van der Waals surface area (Å²) in [5.41, 5.74) is 1.53. The van der Waals surface area contributed by atoms with E-state index in [1.165, 1.54) is 30.1 Å². The number of nitrogens with one attached hydrogen (secondary N) is 1. The smallest absolute Gasteiger partial charge is 0.255 e.